The molecule has 3 rings (SSSR count). The van der Waals surface area contributed by atoms with Crippen LogP contribution < -0.4 is 15.8 Å². The van der Waals surface area contributed by atoms with E-state index in [0.29, 0.717) is 10.6 Å². The van der Waals surface area contributed by atoms with Gasteiger partial charge in [-0.1, -0.05) is 12.1 Å². The van der Waals surface area contributed by atoms with Gasteiger partial charge in [0, 0.05) is 6.04 Å². The molecule has 138 valence electrons. The standard InChI is InChI=1S/C19H23N3O3S/c1-12(18(24)21-19-15(17(20)23)9-11-26-19)22-10-3-4-16(22)13-5-7-14(25-2)8-6-13/h5-9,11-12,16H,3-4,10H2,1-2H3,(H2,20,23)(H,21,24)/t12-,16-/m0/s1. The summed E-state index contributed by atoms with van der Waals surface area (Å²) in [6, 6.07) is 9.51. The summed E-state index contributed by atoms with van der Waals surface area (Å²) in [7, 11) is 1.65. The summed E-state index contributed by atoms with van der Waals surface area (Å²) in [5.74, 6) is 0.155. The summed E-state index contributed by atoms with van der Waals surface area (Å²) < 4.78 is 5.22. The second-order valence-corrected chi connectivity index (χ2v) is 7.28. The lowest BCUT2D eigenvalue weighted by Gasteiger charge is -2.30. The van der Waals surface area contributed by atoms with Gasteiger partial charge in [-0.25, -0.2) is 0 Å². The van der Waals surface area contributed by atoms with Gasteiger partial charge in [-0.2, -0.15) is 0 Å². The van der Waals surface area contributed by atoms with Crippen molar-refractivity contribution < 1.29 is 14.3 Å². The Morgan fingerprint density at radius 1 is 1.31 bits per heavy atom. The number of hydrogen-bond acceptors (Lipinski definition) is 5. The number of primary amides is 1. The van der Waals surface area contributed by atoms with E-state index in [2.05, 4.69) is 22.3 Å². The Morgan fingerprint density at radius 3 is 2.69 bits per heavy atom. The molecular weight excluding hydrogens is 350 g/mol. The van der Waals surface area contributed by atoms with Gasteiger partial charge in [0.05, 0.1) is 18.7 Å². The minimum absolute atomic E-state index is 0.129. The van der Waals surface area contributed by atoms with Crippen molar-refractivity contribution >= 4 is 28.2 Å². The monoisotopic (exact) mass is 373 g/mol. The fourth-order valence-corrected chi connectivity index (χ4v) is 4.20. The van der Waals surface area contributed by atoms with E-state index < -0.39 is 5.91 Å². The van der Waals surface area contributed by atoms with Gasteiger partial charge < -0.3 is 15.8 Å². The molecule has 0 unspecified atom stereocenters. The molecule has 26 heavy (non-hydrogen) atoms. The maximum Gasteiger partial charge on any atom is 0.251 e. The average molecular weight is 373 g/mol. The highest BCUT2D eigenvalue weighted by Crippen LogP contribution is 2.34. The van der Waals surface area contributed by atoms with E-state index in [1.54, 1.807) is 18.6 Å². The van der Waals surface area contributed by atoms with Crippen molar-refractivity contribution in [2.45, 2.75) is 31.8 Å². The Hall–Kier alpha value is -2.38. The number of hydrogen-bond donors (Lipinski definition) is 2. The number of nitrogens with two attached hydrogens (primary N) is 1. The molecule has 2 aromatic rings. The summed E-state index contributed by atoms with van der Waals surface area (Å²) in [5, 5.41) is 5.11. The predicted octanol–water partition coefficient (Wildman–Crippen LogP) is 3.02. The molecule has 1 aromatic carbocycles. The summed E-state index contributed by atoms with van der Waals surface area (Å²) in [6.45, 7) is 2.76. The largest absolute Gasteiger partial charge is 0.497 e. The molecule has 1 aliphatic rings. The number of amides is 2. The molecule has 2 amide bonds. The van der Waals surface area contributed by atoms with Gasteiger partial charge in [0.15, 0.2) is 0 Å². The molecule has 0 radical (unpaired) electrons. The van der Waals surface area contributed by atoms with E-state index in [1.807, 2.05) is 19.1 Å². The zero-order valence-corrected chi connectivity index (χ0v) is 15.7. The van der Waals surface area contributed by atoms with Gasteiger partial charge in [0.1, 0.15) is 10.8 Å². The average Bonchev–Trinajstić information content (AvgIpc) is 3.30. The number of anilines is 1. The number of rotatable bonds is 6. The van der Waals surface area contributed by atoms with Crippen molar-refractivity contribution in [2.24, 2.45) is 5.73 Å². The van der Waals surface area contributed by atoms with Crippen LogP contribution in [0.5, 0.6) is 5.75 Å². The van der Waals surface area contributed by atoms with Crippen molar-refractivity contribution in [3.8, 4) is 5.75 Å². The van der Waals surface area contributed by atoms with Crippen molar-refractivity contribution in [3.63, 3.8) is 0 Å². The van der Waals surface area contributed by atoms with Gasteiger partial charge in [-0.15, -0.1) is 11.3 Å². The minimum atomic E-state index is -0.536. The maximum absolute atomic E-state index is 12.7. The van der Waals surface area contributed by atoms with Crippen LogP contribution in [-0.2, 0) is 4.79 Å². The van der Waals surface area contributed by atoms with Crippen LogP contribution in [0, 0.1) is 0 Å². The molecule has 0 spiro atoms. The van der Waals surface area contributed by atoms with E-state index >= 15 is 0 Å². The number of ether oxygens (including phenoxy) is 1. The molecule has 1 aliphatic heterocycles. The molecule has 1 fully saturated rings. The molecule has 2 heterocycles. The fraction of sp³-hybridized carbons (Fsp3) is 0.368. The lowest BCUT2D eigenvalue weighted by molar-refractivity contribution is -0.121. The van der Waals surface area contributed by atoms with Gasteiger partial charge in [0.25, 0.3) is 5.91 Å². The lowest BCUT2D eigenvalue weighted by atomic mass is 10.0. The molecule has 0 bridgehead atoms. The molecule has 7 heteroatoms. The summed E-state index contributed by atoms with van der Waals surface area (Å²) in [4.78, 5) is 26.4. The van der Waals surface area contributed by atoms with Crippen LogP contribution in [0.25, 0.3) is 0 Å². The molecule has 0 saturated carbocycles. The van der Waals surface area contributed by atoms with Crippen LogP contribution in [-0.4, -0.2) is 36.4 Å². The van der Waals surface area contributed by atoms with E-state index in [-0.39, 0.29) is 18.0 Å². The van der Waals surface area contributed by atoms with E-state index in [0.717, 1.165) is 25.1 Å². The Kier molecular flexibility index (Phi) is 5.58. The first-order valence-corrected chi connectivity index (χ1v) is 9.47. The third-order valence-electron chi connectivity index (χ3n) is 4.84. The Balaban J connectivity index is 1.72. The Bertz CT molecular complexity index is 788. The highest BCUT2D eigenvalue weighted by Gasteiger charge is 2.33. The molecule has 1 aromatic heterocycles. The normalized spacial score (nSPS) is 18.5. The quantitative estimate of drug-likeness (QED) is 0.815. The molecular formula is C19H23N3O3S. The van der Waals surface area contributed by atoms with Gasteiger partial charge in [-0.3, -0.25) is 14.5 Å². The Morgan fingerprint density at radius 2 is 2.04 bits per heavy atom. The molecule has 2 atom stereocenters. The fourth-order valence-electron chi connectivity index (χ4n) is 3.40. The SMILES string of the molecule is COc1ccc([C@@H]2CCCN2[C@@H](C)C(=O)Nc2sccc2C(N)=O)cc1. The molecule has 3 N–H and O–H groups in total. The number of carbonyl (C=O) groups is 2. The van der Waals surface area contributed by atoms with E-state index in [1.165, 1.54) is 16.9 Å². The lowest BCUT2D eigenvalue weighted by Crippen LogP contribution is -2.41. The van der Waals surface area contributed by atoms with Gasteiger partial charge >= 0.3 is 0 Å². The Labute approximate surface area is 156 Å². The number of carbonyl (C=O) groups excluding carboxylic acids is 2. The second kappa shape index (κ2) is 7.88. The van der Waals surface area contributed by atoms with Gasteiger partial charge in [0.2, 0.25) is 5.91 Å². The van der Waals surface area contributed by atoms with Crippen molar-refractivity contribution in [2.75, 3.05) is 19.0 Å². The highest BCUT2D eigenvalue weighted by atomic mass is 32.1. The third-order valence-corrected chi connectivity index (χ3v) is 5.67. The van der Waals surface area contributed by atoms with E-state index in [4.69, 9.17) is 10.5 Å². The van der Waals surface area contributed by atoms with Crippen molar-refractivity contribution in [1.29, 1.82) is 0 Å². The summed E-state index contributed by atoms with van der Waals surface area (Å²) >= 11 is 1.30. The number of thiophene rings is 1. The predicted molar refractivity (Wildman–Crippen MR) is 103 cm³/mol. The van der Waals surface area contributed by atoms with Crippen molar-refractivity contribution in [1.82, 2.24) is 4.90 Å². The minimum Gasteiger partial charge on any atom is -0.497 e. The first kappa shape index (κ1) is 18.4. The number of likely N-dealkylation sites (tertiary alicyclic amines) is 1. The van der Waals surface area contributed by atoms with Crippen molar-refractivity contribution in [3.05, 3.63) is 46.8 Å². The zero-order valence-electron chi connectivity index (χ0n) is 14.9. The topological polar surface area (TPSA) is 84.7 Å². The highest BCUT2D eigenvalue weighted by molar-refractivity contribution is 7.14. The molecule has 1 saturated heterocycles. The third kappa shape index (κ3) is 3.73. The van der Waals surface area contributed by atoms with Crippen LogP contribution in [0.2, 0.25) is 0 Å². The van der Waals surface area contributed by atoms with Crippen LogP contribution in [0.4, 0.5) is 5.00 Å². The number of benzene rings is 1. The van der Waals surface area contributed by atoms with Crippen LogP contribution >= 0.6 is 11.3 Å². The first-order valence-electron chi connectivity index (χ1n) is 8.59. The van der Waals surface area contributed by atoms with E-state index in [9.17, 15) is 9.59 Å². The number of nitrogens with zero attached hydrogens (tertiary/aromatic N) is 1. The first-order chi connectivity index (χ1) is 12.5. The summed E-state index contributed by atoms with van der Waals surface area (Å²) in [5.41, 5.74) is 6.88. The summed E-state index contributed by atoms with van der Waals surface area (Å²) in [6.07, 6.45) is 2.05. The van der Waals surface area contributed by atoms with Crippen LogP contribution in [0.1, 0.15) is 41.7 Å². The molecule has 0 aliphatic carbocycles. The van der Waals surface area contributed by atoms with Crippen LogP contribution in [0.15, 0.2) is 35.7 Å². The van der Waals surface area contributed by atoms with Crippen LogP contribution in [0.3, 0.4) is 0 Å². The zero-order chi connectivity index (χ0) is 18.7. The second-order valence-electron chi connectivity index (χ2n) is 6.36. The molecule has 6 nitrogen and oxygen atoms in total. The number of methoxy groups -OCH3 is 1. The maximum atomic E-state index is 12.7. The van der Waals surface area contributed by atoms with Gasteiger partial charge in [-0.05, 0) is 55.5 Å². The smallest absolute Gasteiger partial charge is 0.251 e. The number of nitrogens with one attached hydrogen (secondary N) is 1.